The fraction of sp³-hybridized carbons (Fsp3) is 0. The fourth-order valence-corrected chi connectivity index (χ4v) is 3.87. The number of fused-ring (bicyclic) bond motifs is 1. The van der Waals surface area contributed by atoms with Gasteiger partial charge in [-0.15, -0.1) is 0 Å². The molecule has 6 heteroatoms. The van der Waals surface area contributed by atoms with Crippen molar-refractivity contribution in [3.05, 3.63) is 103 Å². The average Bonchev–Trinajstić information content (AvgIpc) is 3.40. The van der Waals surface area contributed by atoms with Gasteiger partial charge in [-0.25, -0.2) is 15.0 Å². The minimum Gasteiger partial charge on any atom is -0.257 e. The van der Waals surface area contributed by atoms with Gasteiger partial charge in [0.15, 0.2) is 11.6 Å². The van der Waals surface area contributed by atoms with Gasteiger partial charge in [-0.2, -0.15) is 5.10 Å². The highest BCUT2D eigenvalue weighted by molar-refractivity contribution is 5.95. The summed E-state index contributed by atoms with van der Waals surface area (Å²) >= 11 is 0. The highest BCUT2D eigenvalue weighted by Crippen LogP contribution is 2.29. The molecule has 4 aromatic heterocycles. The number of nitrogens with zero attached hydrogens (tertiary/aromatic N) is 5. The highest BCUT2D eigenvalue weighted by atomic mass is 15.2. The molecule has 0 bridgehead atoms. The van der Waals surface area contributed by atoms with Crippen LogP contribution in [-0.2, 0) is 0 Å². The Bertz CT molecular complexity index is 1570. The molecule has 0 saturated heterocycles. The van der Waals surface area contributed by atoms with Crippen LogP contribution in [0.5, 0.6) is 0 Å². The largest absolute Gasteiger partial charge is 0.257 e. The maximum Gasteiger partial charge on any atom is 0.200 e. The van der Waals surface area contributed by atoms with Crippen LogP contribution in [0.25, 0.3) is 56.5 Å². The van der Waals surface area contributed by atoms with Crippen LogP contribution in [0.2, 0.25) is 0 Å². The van der Waals surface area contributed by atoms with Gasteiger partial charge < -0.3 is 0 Å². The predicted molar refractivity (Wildman–Crippen MR) is 129 cm³/mol. The van der Waals surface area contributed by atoms with E-state index in [4.69, 9.17) is 9.97 Å². The van der Waals surface area contributed by atoms with Crippen molar-refractivity contribution >= 4 is 10.8 Å². The Balaban J connectivity index is 1.36. The predicted octanol–water partition coefficient (Wildman–Crippen LogP) is 5.81. The molecule has 6 aromatic rings. The van der Waals surface area contributed by atoms with Crippen molar-refractivity contribution in [3.63, 3.8) is 0 Å². The number of nitrogens with one attached hydrogen (secondary N) is 1. The summed E-state index contributed by atoms with van der Waals surface area (Å²) < 4.78 is 0. The van der Waals surface area contributed by atoms with Gasteiger partial charge in [0.05, 0.1) is 17.1 Å². The SMILES string of the molecule is c1ccc(-c2cccc(-c3n[nH]c(-c4cccc(-c5cccc6ccccc56)n4)n3)n2)nc1. The number of hydrogen-bond acceptors (Lipinski definition) is 5. The number of rotatable bonds is 4. The van der Waals surface area contributed by atoms with E-state index in [0.717, 1.165) is 28.3 Å². The van der Waals surface area contributed by atoms with Crippen LogP contribution in [0.15, 0.2) is 103 Å². The van der Waals surface area contributed by atoms with E-state index in [1.54, 1.807) is 6.20 Å². The molecule has 0 aliphatic carbocycles. The molecular formula is C27H18N6. The zero-order chi connectivity index (χ0) is 22.0. The summed E-state index contributed by atoms with van der Waals surface area (Å²) in [5.74, 6) is 1.11. The first-order valence-electron chi connectivity index (χ1n) is 10.6. The Morgan fingerprint density at radius 2 is 1.21 bits per heavy atom. The number of aromatic nitrogens is 6. The fourth-order valence-electron chi connectivity index (χ4n) is 3.87. The third-order valence-corrected chi connectivity index (χ3v) is 5.45. The second kappa shape index (κ2) is 8.09. The first-order chi connectivity index (χ1) is 16.3. The molecule has 6 rings (SSSR count). The molecular weight excluding hydrogens is 408 g/mol. The Morgan fingerprint density at radius 1 is 0.515 bits per heavy atom. The normalized spacial score (nSPS) is 11.0. The lowest BCUT2D eigenvalue weighted by Crippen LogP contribution is -1.91. The van der Waals surface area contributed by atoms with Crippen molar-refractivity contribution in [3.8, 4) is 45.7 Å². The van der Waals surface area contributed by atoms with Crippen molar-refractivity contribution in [1.29, 1.82) is 0 Å². The van der Waals surface area contributed by atoms with Gasteiger partial charge in [-0.3, -0.25) is 10.1 Å². The molecule has 0 atom stereocenters. The van der Waals surface area contributed by atoms with E-state index >= 15 is 0 Å². The topological polar surface area (TPSA) is 80.2 Å². The number of aromatic amines is 1. The summed E-state index contributed by atoms with van der Waals surface area (Å²) in [7, 11) is 0. The van der Waals surface area contributed by atoms with Gasteiger partial charge in [0.2, 0.25) is 0 Å². The Labute approximate surface area is 190 Å². The molecule has 4 heterocycles. The first-order valence-corrected chi connectivity index (χ1v) is 10.6. The van der Waals surface area contributed by atoms with Crippen LogP contribution in [0, 0.1) is 0 Å². The van der Waals surface area contributed by atoms with Crippen LogP contribution < -0.4 is 0 Å². The summed E-state index contributed by atoms with van der Waals surface area (Å²) in [4.78, 5) is 18.6. The van der Waals surface area contributed by atoms with E-state index in [-0.39, 0.29) is 0 Å². The van der Waals surface area contributed by atoms with Crippen molar-refractivity contribution in [2.45, 2.75) is 0 Å². The zero-order valence-electron chi connectivity index (χ0n) is 17.6. The molecule has 0 fully saturated rings. The quantitative estimate of drug-likeness (QED) is 0.385. The van der Waals surface area contributed by atoms with Crippen molar-refractivity contribution in [1.82, 2.24) is 30.1 Å². The van der Waals surface area contributed by atoms with E-state index in [0.29, 0.717) is 17.3 Å². The first kappa shape index (κ1) is 19.0. The highest BCUT2D eigenvalue weighted by Gasteiger charge is 2.13. The van der Waals surface area contributed by atoms with E-state index in [1.807, 2.05) is 66.7 Å². The van der Waals surface area contributed by atoms with Crippen molar-refractivity contribution < 1.29 is 0 Å². The van der Waals surface area contributed by atoms with Gasteiger partial charge in [0, 0.05) is 11.8 Å². The minimum absolute atomic E-state index is 0.514. The summed E-state index contributed by atoms with van der Waals surface area (Å²) in [5, 5.41) is 9.76. The van der Waals surface area contributed by atoms with Gasteiger partial charge in [0.25, 0.3) is 0 Å². The molecule has 6 nitrogen and oxygen atoms in total. The molecule has 0 unspecified atom stereocenters. The van der Waals surface area contributed by atoms with Crippen LogP contribution in [0.1, 0.15) is 0 Å². The number of H-pyrrole nitrogens is 1. The molecule has 33 heavy (non-hydrogen) atoms. The molecule has 0 aliphatic rings. The second-order valence-corrected chi connectivity index (χ2v) is 7.57. The monoisotopic (exact) mass is 426 g/mol. The maximum atomic E-state index is 4.87. The van der Waals surface area contributed by atoms with Gasteiger partial charge >= 0.3 is 0 Å². The van der Waals surface area contributed by atoms with Crippen molar-refractivity contribution in [2.24, 2.45) is 0 Å². The van der Waals surface area contributed by atoms with Crippen molar-refractivity contribution in [2.75, 3.05) is 0 Å². The van der Waals surface area contributed by atoms with E-state index in [2.05, 4.69) is 50.5 Å². The molecule has 0 spiro atoms. The Kier molecular flexibility index (Phi) is 4.66. The molecule has 0 saturated carbocycles. The molecule has 2 aromatic carbocycles. The summed E-state index contributed by atoms with van der Waals surface area (Å²) in [6, 6.07) is 32.0. The number of benzene rings is 2. The van der Waals surface area contributed by atoms with Crippen LogP contribution in [0.3, 0.4) is 0 Å². The van der Waals surface area contributed by atoms with Gasteiger partial charge in [-0.05, 0) is 47.2 Å². The summed E-state index contributed by atoms with van der Waals surface area (Å²) in [5.41, 5.74) is 4.94. The smallest absolute Gasteiger partial charge is 0.200 e. The van der Waals surface area contributed by atoms with Crippen LogP contribution in [0.4, 0.5) is 0 Å². The third-order valence-electron chi connectivity index (χ3n) is 5.45. The lowest BCUT2D eigenvalue weighted by Gasteiger charge is -2.07. The molecule has 0 aliphatic heterocycles. The molecule has 156 valence electrons. The van der Waals surface area contributed by atoms with Gasteiger partial charge in [0.1, 0.15) is 11.4 Å². The van der Waals surface area contributed by atoms with E-state index in [1.165, 1.54) is 10.8 Å². The lowest BCUT2D eigenvalue weighted by atomic mass is 10.0. The third kappa shape index (κ3) is 3.64. The molecule has 0 amide bonds. The average molecular weight is 426 g/mol. The summed E-state index contributed by atoms with van der Waals surface area (Å²) in [6.07, 6.45) is 1.75. The van der Waals surface area contributed by atoms with Crippen LogP contribution in [-0.4, -0.2) is 30.1 Å². The zero-order valence-corrected chi connectivity index (χ0v) is 17.6. The summed E-state index contributed by atoms with van der Waals surface area (Å²) in [6.45, 7) is 0. The lowest BCUT2D eigenvalue weighted by molar-refractivity contribution is 1.08. The Morgan fingerprint density at radius 3 is 2.12 bits per heavy atom. The standard InChI is InChI=1S/C27H18N6/c1-2-10-19-18(8-1)9-5-11-20(19)21-13-6-15-24(29-21)26-31-27(33-32-26)25-16-7-14-23(30-25)22-12-3-4-17-28-22/h1-17H,(H,31,32,33). The van der Waals surface area contributed by atoms with Crippen LogP contribution >= 0.6 is 0 Å². The molecule has 1 N–H and O–H groups in total. The Hall–Kier alpha value is -4.71. The second-order valence-electron chi connectivity index (χ2n) is 7.57. The maximum absolute atomic E-state index is 4.87. The number of pyridine rings is 3. The van der Waals surface area contributed by atoms with Gasteiger partial charge in [-0.1, -0.05) is 60.7 Å². The minimum atomic E-state index is 0.514. The van der Waals surface area contributed by atoms with E-state index < -0.39 is 0 Å². The molecule has 0 radical (unpaired) electrons. The number of hydrogen-bond donors (Lipinski definition) is 1. The van der Waals surface area contributed by atoms with E-state index in [9.17, 15) is 0 Å².